The van der Waals surface area contributed by atoms with Gasteiger partial charge in [-0.2, -0.15) is 0 Å². The minimum Gasteiger partial charge on any atom is -0.479 e. The zero-order valence-corrected chi connectivity index (χ0v) is 16.5. The lowest BCUT2D eigenvalue weighted by molar-refractivity contribution is -0.144. The van der Waals surface area contributed by atoms with Gasteiger partial charge < -0.3 is 32.7 Å². The second kappa shape index (κ2) is 12.1. The molecule has 144 valence electrons. The van der Waals surface area contributed by atoms with Crippen LogP contribution in [0.2, 0.25) is 0 Å². The third kappa shape index (κ3) is 7.26. The summed E-state index contributed by atoms with van der Waals surface area (Å²) in [5, 5.41) is 7.60. The van der Waals surface area contributed by atoms with Crippen LogP contribution in [0, 0.1) is 0 Å². The zero-order chi connectivity index (χ0) is 19.6. The van der Waals surface area contributed by atoms with Crippen LogP contribution in [0.3, 0.4) is 0 Å². The van der Waals surface area contributed by atoms with E-state index in [2.05, 4.69) is 27.6 Å². The molecule has 0 spiro atoms. The highest BCUT2D eigenvalue weighted by Gasteiger charge is 2.40. The van der Waals surface area contributed by atoms with Gasteiger partial charge in [-0.25, -0.2) is 4.79 Å². The van der Waals surface area contributed by atoms with E-state index in [1.54, 1.807) is 0 Å². The highest BCUT2D eigenvalue weighted by Crippen LogP contribution is 2.52. The third-order valence-electron chi connectivity index (χ3n) is 2.44. The number of hydrogen-bond acceptors (Lipinski definition) is 10. The first-order valence-electron chi connectivity index (χ1n) is 5.93. The molecule has 0 saturated heterocycles. The fourth-order valence-corrected chi connectivity index (χ4v) is 3.79. The van der Waals surface area contributed by atoms with Crippen molar-refractivity contribution in [2.45, 2.75) is 11.7 Å². The van der Waals surface area contributed by atoms with Crippen molar-refractivity contribution < 1.29 is 51.4 Å². The molecule has 0 aliphatic rings. The first-order chi connectivity index (χ1) is 11.0. The summed E-state index contributed by atoms with van der Waals surface area (Å²) < 4.78 is 49.7. The molecule has 11 nitrogen and oxygen atoms in total. The minimum absolute atomic E-state index is 0.912. The molecule has 0 rings (SSSR count). The molecule has 1 N–H and O–H groups in total. The summed E-state index contributed by atoms with van der Waals surface area (Å²) in [4.78, 5) is 21.1. The quantitative estimate of drug-likeness (QED) is 0.412. The van der Waals surface area contributed by atoms with E-state index in [1.165, 1.54) is 7.11 Å². The van der Waals surface area contributed by atoms with Crippen LogP contribution in [0.25, 0.3) is 0 Å². The first kappa shape index (κ1) is 25.9. The molecule has 2 atom stereocenters. The molecule has 0 bridgehead atoms. The number of carboxylic acid groups (broad SMARTS) is 1. The van der Waals surface area contributed by atoms with E-state index in [9.17, 15) is 18.7 Å². The van der Waals surface area contributed by atoms with Gasteiger partial charge in [0.1, 0.15) is 0 Å². The molecule has 2 unspecified atom stereocenters. The fourth-order valence-electron chi connectivity index (χ4n) is 1.24. The Morgan fingerprint density at radius 2 is 1.08 bits per heavy atom. The summed E-state index contributed by atoms with van der Waals surface area (Å²) >= 11 is 5.09. The van der Waals surface area contributed by atoms with Gasteiger partial charge in [-0.1, -0.05) is 0 Å². The van der Waals surface area contributed by atoms with E-state index < -0.39 is 38.1 Å². The number of aliphatic carboxylic acids is 1. The van der Waals surface area contributed by atoms with Crippen LogP contribution in [-0.2, 0) is 46.3 Å². The van der Waals surface area contributed by atoms with E-state index in [-0.39, 0.29) is 0 Å². The molecular weight excluding hydrogens is 394 g/mol. The summed E-state index contributed by atoms with van der Waals surface area (Å²) in [5.41, 5.74) is 0. The van der Waals surface area contributed by atoms with Gasteiger partial charge in [-0.3, -0.25) is 13.9 Å². The molecular formula is C10H21ClO11P2. The number of carboxylic acids is 1. The number of methoxy groups -OCH3 is 2. The predicted molar refractivity (Wildman–Crippen MR) is 83.3 cm³/mol. The molecule has 0 fully saturated rings. The largest absolute Gasteiger partial charge is 0.479 e. The lowest BCUT2D eigenvalue weighted by Gasteiger charge is -2.19. The van der Waals surface area contributed by atoms with Crippen LogP contribution < -0.4 is 0 Å². The van der Waals surface area contributed by atoms with Gasteiger partial charge in [0.15, 0.2) is 0 Å². The van der Waals surface area contributed by atoms with Crippen LogP contribution in [0.4, 0.5) is 0 Å². The van der Waals surface area contributed by atoms with Crippen molar-refractivity contribution in [3.63, 3.8) is 0 Å². The lowest BCUT2D eigenvalue weighted by Crippen LogP contribution is -2.23. The SMILES string of the molecule is COC(C(=O)Cl)P(=O)(OC)OC.COC(C(=O)O)P(=O)(OC)OC. The Hall–Kier alpha value is -0.350. The number of rotatable bonds is 10. The molecule has 0 aromatic carbocycles. The molecule has 0 radical (unpaired) electrons. The Kier molecular flexibility index (Phi) is 13.0. The van der Waals surface area contributed by atoms with Crippen LogP contribution in [0.1, 0.15) is 0 Å². The van der Waals surface area contributed by atoms with Gasteiger partial charge in [0.2, 0.25) is 5.85 Å². The maximum atomic E-state index is 11.4. The normalized spacial score (nSPS) is 14.3. The average molecular weight is 415 g/mol. The number of carbonyl (C=O) groups is 2. The van der Waals surface area contributed by atoms with Crippen molar-refractivity contribution in [1.29, 1.82) is 0 Å². The molecule has 0 aliphatic heterocycles. The molecule has 0 amide bonds. The Balaban J connectivity index is 0. The summed E-state index contributed by atoms with van der Waals surface area (Å²) in [6, 6.07) is 0. The number of ether oxygens (including phenoxy) is 2. The average Bonchev–Trinajstić information content (AvgIpc) is 2.55. The predicted octanol–water partition coefficient (Wildman–Crippen LogP) is 1.74. The third-order valence-corrected chi connectivity index (χ3v) is 6.86. The van der Waals surface area contributed by atoms with E-state index in [0.29, 0.717) is 0 Å². The molecule has 0 aliphatic carbocycles. The number of hydrogen-bond donors (Lipinski definition) is 1. The number of halogens is 1. The highest BCUT2D eigenvalue weighted by molar-refractivity contribution is 7.56. The fraction of sp³-hybridized carbons (Fsp3) is 0.800. The molecule has 24 heavy (non-hydrogen) atoms. The Bertz CT molecular complexity index is 437. The van der Waals surface area contributed by atoms with Crippen molar-refractivity contribution in [3.8, 4) is 0 Å². The van der Waals surface area contributed by atoms with Gasteiger partial charge in [0, 0.05) is 42.7 Å². The Labute approximate surface area is 144 Å². The maximum Gasteiger partial charge on any atom is 0.370 e. The topological polar surface area (TPSA) is 144 Å². The molecule has 0 aromatic heterocycles. The van der Waals surface area contributed by atoms with Crippen LogP contribution in [-0.4, -0.2) is 70.7 Å². The summed E-state index contributed by atoms with van der Waals surface area (Å²) in [6.07, 6.45) is 0. The van der Waals surface area contributed by atoms with Crippen molar-refractivity contribution in [3.05, 3.63) is 0 Å². The van der Waals surface area contributed by atoms with Crippen molar-refractivity contribution in [2.24, 2.45) is 0 Å². The van der Waals surface area contributed by atoms with E-state index in [1.807, 2.05) is 0 Å². The maximum absolute atomic E-state index is 11.4. The molecule has 14 heteroatoms. The summed E-state index contributed by atoms with van der Waals surface area (Å²) in [7, 11) is -0.425. The summed E-state index contributed by atoms with van der Waals surface area (Å²) in [5.74, 6) is -4.33. The zero-order valence-electron chi connectivity index (χ0n) is 14.0. The van der Waals surface area contributed by atoms with E-state index in [4.69, 9.17) is 16.7 Å². The molecule has 0 heterocycles. The smallest absolute Gasteiger partial charge is 0.370 e. The second-order valence-corrected chi connectivity index (χ2v) is 8.56. The van der Waals surface area contributed by atoms with Crippen LogP contribution in [0.5, 0.6) is 0 Å². The monoisotopic (exact) mass is 414 g/mol. The number of carbonyl (C=O) groups excluding carboxylic acids is 1. The van der Waals surface area contributed by atoms with Gasteiger partial charge in [-0.05, 0) is 11.6 Å². The van der Waals surface area contributed by atoms with Crippen molar-refractivity contribution in [2.75, 3.05) is 42.7 Å². The van der Waals surface area contributed by atoms with Gasteiger partial charge in [0.05, 0.1) is 0 Å². The van der Waals surface area contributed by atoms with E-state index >= 15 is 0 Å². The second-order valence-electron chi connectivity index (χ2n) is 3.63. The van der Waals surface area contributed by atoms with Crippen molar-refractivity contribution in [1.82, 2.24) is 0 Å². The van der Waals surface area contributed by atoms with Crippen LogP contribution >= 0.6 is 26.8 Å². The minimum atomic E-state index is -3.67. The van der Waals surface area contributed by atoms with Crippen LogP contribution in [0.15, 0.2) is 0 Å². The molecule has 0 saturated carbocycles. The summed E-state index contributed by atoms with van der Waals surface area (Å²) in [6.45, 7) is 0. The van der Waals surface area contributed by atoms with Crippen molar-refractivity contribution >= 4 is 38.0 Å². The Morgan fingerprint density at radius 3 is 1.17 bits per heavy atom. The van der Waals surface area contributed by atoms with E-state index in [0.717, 1.165) is 35.5 Å². The first-order valence-corrected chi connectivity index (χ1v) is 9.53. The Morgan fingerprint density at radius 1 is 0.792 bits per heavy atom. The van der Waals surface area contributed by atoms with Gasteiger partial charge in [0.25, 0.3) is 11.1 Å². The lowest BCUT2D eigenvalue weighted by atomic mass is 10.7. The van der Waals surface area contributed by atoms with Gasteiger partial charge in [-0.15, -0.1) is 0 Å². The standard InChI is InChI=1S/C5H10ClO5P.C5H11O6P/c2*1-9-5(4(6)7)12(8,10-2)11-3/h5H,1-3H3;5H,1-3H3,(H,6,7). The van der Waals surface area contributed by atoms with Gasteiger partial charge >= 0.3 is 21.2 Å². The highest BCUT2D eigenvalue weighted by atomic mass is 35.5. The molecule has 0 aromatic rings.